The number of carbonyl (C=O) groups excluding carboxylic acids is 2. The molecule has 0 saturated heterocycles. The van der Waals surface area contributed by atoms with E-state index < -0.39 is 5.91 Å². The number of carbonyl (C=O) groups is 2. The monoisotopic (exact) mass is 378 g/mol. The van der Waals surface area contributed by atoms with Gasteiger partial charge < -0.3 is 16.4 Å². The van der Waals surface area contributed by atoms with Crippen LogP contribution in [0.5, 0.6) is 0 Å². The Hall–Kier alpha value is -3.68. The maximum absolute atomic E-state index is 12.2. The van der Waals surface area contributed by atoms with Crippen LogP contribution in [0.3, 0.4) is 0 Å². The molecule has 8 nitrogen and oxygen atoms in total. The number of hydrogen-bond acceptors (Lipinski definition) is 5. The second-order valence-electron chi connectivity index (χ2n) is 6.30. The van der Waals surface area contributed by atoms with Gasteiger partial charge in [-0.2, -0.15) is 5.10 Å². The largest absolute Gasteiger partial charge is 0.381 e. The van der Waals surface area contributed by atoms with Crippen LogP contribution in [-0.4, -0.2) is 33.1 Å². The molecular weight excluding hydrogens is 356 g/mol. The molecule has 28 heavy (non-hydrogen) atoms. The molecule has 1 aromatic carbocycles. The van der Waals surface area contributed by atoms with Crippen molar-refractivity contribution >= 4 is 17.5 Å². The van der Waals surface area contributed by atoms with Crippen LogP contribution in [0.25, 0.3) is 5.69 Å². The summed E-state index contributed by atoms with van der Waals surface area (Å²) in [5.74, 6) is -0.690. The zero-order valence-corrected chi connectivity index (χ0v) is 15.6. The summed E-state index contributed by atoms with van der Waals surface area (Å²) in [4.78, 5) is 26.9. The van der Waals surface area contributed by atoms with Crippen LogP contribution in [0.2, 0.25) is 0 Å². The minimum Gasteiger partial charge on any atom is -0.381 e. The van der Waals surface area contributed by atoms with Crippen LogP contribution in [0.4, 0.5) is 5.69 Å². The van der Waals surface area contributed by atoms with Crippen LogP contribution in [0.1, 0.15) is 28.0 Å². The summed E-state index contributed by atoms with van der Waals surface area (Å²) in [5, 5.41) is 10.5. The van der Waals surface area contributed by atoms with Crippen LogP contribution in [0, 0.1) is 6.92 Å². The Kier molecular flexibility index (Phi) is 6.01. The lowest BCUT2D eigenvalue weighted by molar-refractivity contribution is -0.117. The molecule has 3 aromatic rings. The van der Waals surface area contributed by atoms with E-state index in [1.54, 1.807) is 30.6 Å². The average molecular weight is 378 g/mol. The SMILES string of the molecule is Cc1nn(-c2ccncc2)cc1CNc1cccc(C(=O)NCCC(N)=O)c1. The van der Waals surface area contributed by atoms with Crippen molar-refractivity contribution < 1.29 is 9.59 Å². The summed E-state index contributed by atoms with van der Waals surface area (Å²) in [5.41, 5.74) is 9.32. The third-order valence-corrected chi connectivity index (χ3v) is 4.19. The standard InChI is InChI=1S/C20H22N6O2/c1-14-16(13-26(25-14)18-5-8-22-9-6-18)12-24-17-4-2-3-15(11-17)20(28)23-10-7-19(21)27/h2-6,8-9,11,13,24H,7,10,12H2,1H3,(H2,21,27)(H,23,28). The molecule has 0 spiro atoms. The van der Waals surface area contributed by atoms with Gasteiger partial charge in [0.2, 0.25) is 5.91 Å². The summed E-state index contributed by atoms with van der Waals surface area (Å²) < 4.78 is 1.82. The molecule has 0 bridgehead atoms. The second kappa shape index (κ2) is 8.81. The highest BCUT2D eigenvalue weighted by Crippen LogP contribution is 2.15. The zero-order valence-electron chi connectivity index (χ0n) is 15.6. The molecule has 0 aliphatic rings. The summed E-state index contributed by atoms with van der Waals surface area (Å²) in [6.45, 7) is 2.75. The molecule has 4 N–H and O–H groups in total. The van der Waals surface area contributed by atoms with Crippen LogP contribution >= 0.6 is 0 Å². The minimum atomic E-state index is -0.446. The highest BCUT2D eigenvalue weighted by Gasteiger charge is 2.09. The summed E-state index contributed by atoms with van der Waals surface area (Å²) in [7, 11) is 0. The zero-order chi connectivity index (χ0) is 19.9. The molecule has 2 amide bonds. The van der Waals surface area contributed by atoms with Gasteiger partial charge in [0, 0.05) is 54.9 Å². The third kappa shape index (κ3) is 4.94. The number of primary amides is 1. The number of amides is 2. The van der Waals surface area contributed by atoms with Crippen LogP contribution in [-0.2, 0) is 11.3 Å². The van der Waals surface area contributed by atoms with E-state index >= 15 is 0 Å². The summed E-state index contributed by atoms with van der Waals surface area (Å²) in [6.07, 6.45) is 5.54. The van der Waals surface area contributed by atoms with Crippen molar-refractivity contribution in [2.75, 3.05) is 11.9 Å². The Morgan fingerprint density at radius 3 is 2.71 bits per heavy atom. The number of nitrogens with zero attached hydrogens (tertiary/aromatic N) is 3. The predicted octanol–water partition coefficient (Wildman–Crippen LogP) is 1.79. The summed E-state index contributed by atoms with van der Waals surface area (Å²) >= 11 is 0. The molecule has 0 atom stereocenters. The lowest BCUT2D eigenvalue weighted by atomic mass is 10.1. The van der Waals surface area contributed by atoms with Crippen LogP contribution in [0.15, 0.2) is 55.0 Å². The maximum atomic E-state index is 12.2. The molecule has 3 rings (SSSR count). The van der Waals surface area contributed by atoms with Crippen molar-refractivity contribution in [3.8, 4) is 5.69 Å². The van der Waals surface area contributed by atoms with Gasteiger partial charge in [0.1, 0.15) is 0 Å². The van der Waals surface area contributed by atoms with Crippen molar-refractivity contribution in [2.24, 2.45) is 5.73 Å². The van der Waals surface area contributed by atoms with E-state index in [9.17, 15) is 9.59 Å². The molecule has 2 aromatic heterocycles. The first kappa shape index (κ1) is 19.1. The van der Waals surface area contributed by atoms with Crippen molar-refractivity contribution in [3.05, 3.63) is 71.8 Å². The lowest BCUT2D eigenvalue weighted by Gasteiger charge is -2.08. The van der Waals surface area contributed by atoms with Gasteiger partial charge in [0.25, 0.3) is 5.91 Å². The molecule has 144 valence electrons. The molecule has 0 fully saturated rings. The first-order valence-corrected chi connectivity index (χ1v) is 8.89. The first-order chi connectivity index (χ1) is 13.5. The van der Waals surface area contributed by atoms with Gasteiger partial charge in [-0.05, 0) is 37.3 Å². The number of anilines is 1. The van der Waals surface area contributed by atoms with Gasteiger partial charge in [-0.3, -0.25) is 14.6 Å². The second-order valence-corrected chi connectivity index (χ2v) is 6.30. The van der Waals surface area contributed by atoms with E-state index in [-0.39, 0.29) is 18.9 Å². The number of pyridine rings is 1. The average Bonchev–Trinajstić information content (AvgIpc) is 3.07. The topological polar surface area (TPSA) is 115 Å². The molecule has 0 aliphatic carbocycles. The fourth-order valence-corrected chi connectivity index (χ4v) is 2.67. The Labute approximate surface area is 162 Å². The van der Waals surface area contributed by atoms with E-state index in [1.165, 1.54) is 0 Å². The van der Waals surface area contributed by atoms with Crippen molar-refractivity contribution in [3.63, 3.8) is 0 Å². The quantitative estimate of drug-likeness (QED) is 0.553. The number of rotatable bonds is 8. The van der Waals surface area contributed by atoms with Gasteiger partial charge in [-0.1, -0.05) is 6.07 Å². The van der Waals surface area contributed by atoms with Crippen molar-refractivity contribution in [1.82, 2.24) is 20.1 Å². The van der Waals surface area contributed by atoms with Gasteiger partial charge in [-0.15, -0.1) is 0 Å². The number of hydrogen-bond donors (Lipinski definition) is 3. The molecule has 0 radical (unpaired) electrons. The smallest absolute Gasteiger partial charge is 0.251 e. The van der Waals surface area contributed by atoms with E-state index in [0.29, 0.717) is 12.1 Å². The maximum Gasteiger partial charge on any atom is 0.251 e. The Bertz CT molecular complexity index is 968. The molecular formula is C20H22N6O2. The van der Waals surface area contributed by atoms with E-state index in [1.807, 2.05) is 36.0 Å². The summed E-state index contributed by atoms with van der Waals surface area (Å²) in [6, 6.07) is 11.0. The van der Waals surface area contributed by atoms with Gasteiger partial charge in [0.05, 0.1) is 11.4 Å². The third-order valence-electron chi connectivity index (χ3n) is 4.19. The number of aryl methyl sites for hydroxylation is 1. The predicted molar refractivity (Wildman–Crippen MR) is 106 cm³/mol. The van der Waals surface area contributed by atoms with Crippen LogP contribution < -0.4 is 16.4 Å². The fourth-order valence-electron chi connectivity index (χ4n) is 2.67. The van der Waals surface area contributed by atoms with Crippen molar-refractivity contribution in [2.45, 2.75) is 19.9 Å². The molecule has 0 unspecified atom stereocenters. The number of nitrogens with two attached hydrogens (primary N) is 1. The normalized spacial score (nSPS) is 10.5. The highest BCUT2D eigenvalue weighted by molar-refractivity contribution is 5.95. The van der Waals surface area contributed by atoms with Gasteiger partial charge in [0.15, 0.2) is 0 Å². The Morgan fingerprint density at radius 2 is 1.96 bits per heavy atom. The van der Waals surface area contributed by atoms with Gasteiger partial charge in [-0.25, -0.2) is 4.68 Å². The number of nitrogens with one attached hydrogen (secondary N) is 2. The highest BCUT2D eigenvalue weighted by atomic mass is 16.2. The Balaban J connectivity index is 1.63. The lowest BCUT2D eigenvalue weighted by Crippen LogP contribution is -2.27. The number of benzene rings is 1. The van der Waals surface area contributed by atoms with E-state index in [4.69, 9.17) is 5.73 Å². The molecule has 8 heteroatoms. The Morgan fingerprint density at radius 1 is 1.18 bits per heavy atom. The molecule has 0 saturated carbocycles. The van der Waals surface area contributed by atoms with E-state index in [0.717, 1.165) is 22.6 Å². The molecule has 2 heterocycles. The number of aromatic nitrogens is 3. The first-order valence-electron chi connectivity index (χ1n) is 8.89. The van der Waals surface area contributed by atoms with Crippen molar-refractivity contribution in [1.29, 1.82) is 0 Å². The fraction of sp³-hybridized carbons (Fsp3) is 0.200. The minimum absolute atomic E-state index is 0.115. The molecule has 0 aliphatic heterocycles. The van der Waals surface area contributed by atoms with E-state index in [2.05, 4.69) is 20.7 Å². The van der Waals surface area contributed by atoms with Gasteiger partial charge >= 0.3 is 0 Å².